The molecular formula is C19H18Cl2N4O. The number of nitrogens with one attached hydrogen (secondary N) is 2. The summed E-state index contributed by atoms with van der Waals surface area (Å²) < 4.78 is 5.44. The number of aryl methyl sites for hydroxylation is 1. The van der Waals surface area contributed by atoms with Crippen LogP contribution in [0.1, 0.15) is 12.6 Å². The smallest absolute Gasteiger partial charge is 0.229 e. The lowest BCUT2D eigenvalue weighted by molar-refractivity contribution is 0.340. The number of aromatic nitrogens is 2. The van der Waals surface area contributed by atoms with Crippen molar-refractivity contribution in [1.82, 2.24) is 9.97 Å². The first-order valence-corrected chi connectivity index (χ1v) is 8.87. The third-order valence-corrected chi connectivity index (χ3v) is 4.12. The van der Waals surface area contributed by atoms with E-state index in [9.17, 15) is 0 Å². The van der Waals surface area contributed by atoms with Gasteiger partial charge < -0.3 is 15.4 Å². The topological polar surface area (TPSA) is 59.1 Å². The van der Waals surface area contributed by atoms with E-state index in [2.05, 4.69) is 20.6 Å². The molecule has 0 saturated carbocycles. The highest BCUT2D eigenvalue weighted by Gasteiger charge is 2.09. The number of halogens is 2. The van der Waals surface area contributed by atoms with Crippen LogP contribution in [0.15, 0.2) is 48.5 Å². The predicted octanol–water partition coefficient (Wildman–Crippen LogP) is 5.98. The van der Waals surface area contributed by atoms with Crippen LogP contribution >= 0.6 is 23.2 Å². The molecule has 3 aromatic rings. The fraction of sp³-hybridized carbons (Fsp3) is 0.158. The van der Waals surface area contributed by atoms with E-state index in [1.54, 1.807) is 18.2 Å². The average molecular weight is 389 g/mol. The second-order valence-electron chi connectivity index (χ2n) is 5.52. The van der Waals surface area contributed by atoms with Crippen molar-refractivity contribution in [3.8, 4) is 5.75 Å². The van der Waals surface area contributed by atoms with Crippen LogP contribution in [0, 0.1) is 6.92 Å². The van der Waals surface area contributed by atoms with Crippen molar-refractivity contribution in [3.63, 3.8) is 0 Å². The summed E-state index contributed by atoms with van der Waals surface area (Å²) in [5, 5.41) is 7.39. The van der Waals surface area contributed by atoms with Gasteiger partial charge in [0.25, 0.3) is 0 Å². The maximum Gasteiger partial charge on any atom is 0.229 e. The first-order valence-electron chi connectivity index (χ1n) is 8.12. The molecule has 0 aliphatic heterocycles. The molecule has 7 heteroatoms. The number of nitrogens with zero attached hydrogens (tertiary/aromatic N) is 2. The summed E-state index contributed by atoms with van der Waals surface area (Å²) >= 11 is 12.4. The number of hydrogen-bond acceptors (Lipinski definition) is 5. The molecule has 2 aromatic carbocycles. The number of anilines is 4. The zero-order valence-electron chi connectivity index (χ0n) is 14.4. The van der Waals surface area contributed by atoms with Gasteiger partial charge in [-0.15, -0.1) is 0 Å². The molecular weight excluding hydrogens is 371 g/mol. The molecule has 0 radical (unpaired) electrons. The van der Waals surface area contributed by atoms with Crippen LogP contribution < -0.4 is 15.4 Å². The van der Waals surface area contributed by atoms with Crippen LogP contribution in [-0.2, 0) is 0 Å². The van der Waals surface area contributed by atoms with Crippen LogP contribution in [0.3, 0.4) is 0 Å². The van der Waals surface area contributed by atoms with Crippen LogP contribution in [0.25, 0.3) is 0 Å². The maximum atomic E-state index is 6.21. The predicted molar refractivity (Wildman–Crippen MR) is 107 cm³/mol. The quantitative estimate of drug-likeness (QED) is 0.543. The Morgan fingerprint density at radius 2 is 1.65 bits per heavy atom. The van der Waals surface area contributed by atoms with E-state index in [0.29, 0.717) is 34.1 Å². The average Bonchev–Trinajstić information content (AvgIpc) is 2.60. The monoisotopic (exact) mass is 388 g/mol. The molecule has 5 nitrogen and oxygen atoms in total. The zero-order valence-corrected chi connectivity index (χ0v) is 15.9. The number of ether oxygens (including phenoxy) is 1. The number of rotatable bonds is 6. The summed E-state index contributed by atoms with van der Waals surface area (Å²) in [5.74, 6) is 1.89. The Morgan fingerprint density at radius 1 is 0.962 bits per heavy atom. The van der Waals surface area contributed by atoms with Gasteiger partial charge in [0, 0.05) is 17.4 Å². The van der Waals surface area contributed by atoms with Gasteiger partial charge in [0.1, 0.15) is 11.6 Å². The Morgan fingerprint density at radius 3 is 2.31 bits per heavy atom. The third-order valence-electron chi connectivity index (χ3n) is 3.49. The van der Waals surface area contributed by atoms with Gasteiger partial charge in [-0.05, 0) is 50.2 Å². The minimum absolute atomic E-state index is 0.472. The van der Waals surface area contributed by atoms with Crippen molar-refractivity contribution in [3.05, 3.63) is 64.3 Å². The van der Waals surface area contributed by atoms with Crippen molar-refractivity contribution in [2.45, 2.75) is 13.8 Å². The molecule has 2 N–H and O–H groups in total. The lowest BCUT2D eigenvalue weighted by atomic mass is 10.3. The molecule has 0 saturated heterocycles. The highest BCUT2D eigenvalue weighted by Crippen LogP contribution is 2.32. The Labute approximate surface area is 162 Å². The number of para-hydroxylation sites is 1. The molecule has 134 valence electrons. The summed E-state index contributed by atoms with van der Waals surface area (Å²) in [5.41, 5.74) is 2.28. The second kappa shape index (κ2) is 8.25. The first-order chi connectivity index (χ1) is 12.5. The largest absolute Gasteiger partial charge is 0.494 e. The molecule has 3 rings (SSSR count). The third kappa shape index (κ3) is 4.56. The van der Waals surface area contributed by atoms with E-state index in [-0.39, 0.29) is 0 Å². The van der Waals surface area contributed by atoms with Crippen LogP contribution in [-0.4, -0.2) is 16.6 Å². The van der Waals surface area contributed by atoms with Crippen molar-refractivity contribution < 1.29 is 4.74 Å². The van der Waals surface area contributed by atoms with Gasteiger partial charge in [0.2, 0.25) is 5.95 Å². The van der Waals surface area contributed by atoms with Crippen molar-refractivity contribution >= 4 is 46.3 Å². The Hall–Kier alpha value is -2.50. The highest BCUT2D eigenvalue weighted by atomic mass is 35.5. The summed E-state index contributed by atoms with van der Waals surface area (Å²) in [6, 6.07) is 14.8. The Kier molecular flexibility index (Phi) is 5.81. The second-order valence-corrected chi connectivity index (χ2v) is 6.34. The highest BCUT2D eigenvalue weighted by molar-refractivity contribution is 6.39. The molecule has 1 aromatic heterocycles. The summed E-state index contributed by atoms with van der Waals surface area (Å²) in [6.45, 7) is 4.48. The molecule has 26 heavy (non-hydrogen) atoms. The first kappa shape index (κ1) is 18.3. The van der Waals surface area contributed by atoms with Gasteiger partial charge in [-0.25, -0.2) is 4.98 Å². The lowest BCUT2D eigenvalue weighted by Gasteiger charge is -2.12. The molecule has 0 atom stereocenters. The minimum Gasteiger partial charge on any atom is -0.494 e. The molecule has 0 amide bonds. The van der Waals surface area contributed by atoms with E-state index < -0.39 is 0 Å². The van der Waals surface area contributed by atoms with E-state index in [1.807, 2.05) is 44.2 Å². The van der Waals surface area contributed by atoms with Crippen LogP contribution in [0.5, 0.6) is 5.75 Å². The molecule has 0 fully saturated rings. The minimum atomic E-state index is 0.472. The number of benzene rings is 2. The Bertz CT molecular complexity index is 880. The summed E-state index contributed by atoms with van der Waals surface area (Å²) in [6.07, 6.45) is 0. The van der Waals surface area contributed by atoms with E-state index >= 15 is 0 Å². The molecule has 0 unspecified atom stereocenters. The van der Waals surface area contributed by atoms with Crippen molar-refractivity contribution in [2.24, 2.45) is 0 Å². The molecule has 0 bridgehead atoms. The lowest BCUT2D eigenvalue weighted by Crippen LogP contribution is -2.03. The van der Waals surface area contributed by atoms with E-state index in [4.69, 9.17) is 27.9 Å². The summed E-state index contributed by atoms with van der Waals surface area (Å²) in [7, 11) is 0. The Balaban J connectivity index is 1.81. The van der Waals surface area contributed by atoms with Crippen LogP contribution in [0.2, 0.25) is 10.0 Å². The number of hydrogen-bond donors (Lipinski definition) is 2. The molecule has 0 spiro atoms. The van der Waals surface area contributed by atoms with Crippen molar-refractivity contribution in [2.75, 3.05) is 17.2 Å². The van der Waals surface area contributed by atoms with E-state index in [1.165, 1.54) is 0 Å². The van der Waals surface area contributed by atoms with Crippen LogP contribution in [0.4, 0.5) is 23.1 Å². The summed E-state index contributed by atoms with van der Waals surface area (Å²) in [4.78, 5) is 8.90. The fourth-order valence-electron chi connectivity index (χ4n) is 2.36. The maximum absolute atomic E-state index is 6.21. The van der Waals surface area contributed by atoms with Gasteiger partial charge >= 0.3 is 0 Å². The zero-order chi connectivity index (χ0) is 18.5. The van der Waals surface area contributed by atoms with Crippen molar-refractivity contribution in [1.29, 1.82) is 0 Å². The molecule has 0 aliphatic carbocycles. The molecule has 1 heterocycles. The van der Waals surface area contributed by atoms with Gasteiger partial charge in [0.05, 0.1) is 22.3 Å². The van der Waals surface area contributed by atoms with Gasteiger partial charge in [-0.3, -0.25) is 0 Å². The SMILES string of the molecule is CCOc1ccc(Nc2nc(C)cc(Nc3c(Cl)cccc3Cl)n2)cc1. The fourth-order valence-corrected chi connectivity index (χ4v) is 2.86. The molecule has 0 aliphatic rings. The van der Waals surface area contributed by atoms with Gasteiger partial charge in [-0.2, -0.15) is 4.98 Å². The van der Waals surface area contributed by atoms with E-state index in [0.717, 1.165) is 17.1 Å². The standard InChI is InChI=1S/C19H18Cl2N4O/c1-3-26-14-9-7-13(8-10-14)23-19-22-12(2)11-17(25-19)24-18-15(20)5-4-6-16(18)21/h4-11H,3H2,1-2H3,(H2,22,23,24,25). The van der Waals surface area contributed by atoms with Gasteiger partial charge in [-0.1, -0.05) is 29.3 Å². The normalized spacial score (nSPS) is 10.5. The van der Waals surface area contributed by atoms with Gasteiger partial charge in [0.15, 0.2) is 0 Å².